The van der Waals surface area contributed by atoms with Crippen molar-refractivity contribution in [3.63, 3.8) is 0 Å². The van der Waals surface area contributed by atoms with Gasteiger partial charge in [-0.05, 0) is 75.1 Å². The fourth-order valence-corrected chi connectivity index (χ4v) is 2.76. The van der Waals surface area contributed by atoms with Crippen LogP contribution in [0.5, 0.6) is 0 Å². The number of aryl methyl sites for hydroxylation is 2. The Morgan fingerprint density at radius 2 is 1.55 bits per heavy atom. The van der Waals surface area contributed by atoms with Crippen LogP contribution in [0.15, 0.2) is 6.07 Å². The second kappa shape index (κ2) is 6.13. The van der Waals surface area contributed by atoms with Crippen molar-refractivity contribution in [2.75, 3.05) is 13.1 Å². The predicted octanol–water partition coefficient (Wildman–Crippen LogP) is 3.55. The zero-order valence-electron chi connectivity index (χ0n) is 13.0. The molecule has 0 spiro atoms. The SMILES string of the molecule is Cc1cc(C)c(C)c(C(=O)C#CN2CCCCC2)c1C. The zero-order valence-corrected chi connectivity index (χ0v) is 13.0. The van der Waals surface area contributed by atoms with Gasteiger partial charge in [-0.15, -0.1) is 0 Å². The normalized spacial score (nSPS) is 14.7. The van der Waals surface area contributed by atoms with Crippen LogP contribution in [0, 0.1) is 39.7 Å². The lowest BCUT2D eigenvalue weighted by molar-refractivity contribution is 0.105. The summed E-state index contributed by atoms with van der Waals surface area (Å²) in [6.07, 6.45) is 3.65. The highest BCUT2D eigenvalue weighted by molar-refractivity contribution is 6.11. The minimum Gasteiger partial charge on any atom is -0.332 e. The van der Waals surface area contributed by atoms with Crippen LogP contribution in [0.2, 0.25) is 0 Å². The Labute approximate surface area is 122 Å². The number of ketones is 1. The van der Waals surface area contributed by atoms with Crippen molar-refractivity contribution in [1.82, 2.24) is 4.90 Å². The first-order valence-electron chi connectivity index (χ1n) is 7.39. The monoisotopic (exact) mass is 269 g/mol. The molecular weight excluding hydrogens is 246 g/mol. The Morgan fingerprint density at radius 3 is 2.10 bits per heavy atom. The van der Waals surface area contributed by atoms with Crippen molar-refractivity contribution in [3.05, 3.63) is 33.9 Å². The highest BCUT2D eigenvalue weighted by Gasteiger charge is 2.14. The molecule has 1 saturated heterocycles. The molecule has 1 aliphatic rings. The summed E-state index contributed by atoms with van der Waals surface area (Å²) >= 11 is 0. The number of piperidine rings is 1. The predicted molar refractivity (Wildman–Crippen MR) is 82.9 cm³/mol. The Kier molecular flexibility index (Phi) is 4.49. The summed E-state index contributed by atoms with van der Waals surface area (Å²) in [5, 5.41) is 0. The molecular formula is C18H23NO. The molecule has 0 radical (unpaired) electrons. The molecule has 0 amide bonds. The lowest BCUT2D eigenvalue weighted by Crippen LogP contribution is -2.25. The molecule has 20 heavy (non-hydrogen) atoms. The summed E-state index contributed by atoms with van der Waals surface area (Å²) in [6.45, 7) is 10.1. The Bertz CT molecular complexity index is 557. The van der Waals surface area contributed by atoms with E-state index >= 15 is 0 Å². The Balaban J connectivity index is 2.28. The van der Waals surface area contributed by atoms with E-state index in [4.69, 9.17) is 0 Å². The van der Waals surface area contributed by atoms with Crippen LogP contribution in [0.25, 0.3) is 0 Å². The largest absolute Gasteiger partial charge is 0.332 e. The van der Waals surface area contributed by atoms with E-state index in [0.29, 0.717) is 0 Å². The number of Topliss-reactive ketones (excluding diaryl/α,β-unsaturated/α-hetero) is 1. The van der Waals surface area contributed by atoms with E-state index in [-0.39, 0.29) is 5.78 Å². The maximum Gasteiger partial charge on any atom is 0.238 e. The van der Waals surface area contributed by atoms with E-state index in [1.54, 1.807) is 0 Å². The second-order valence-corrected chi connectivity index (χ2v) is 5.75. The van der Waals surface area contributed by atoms with E-state index < -0.39 is 0 Å². The molecule has 0 aliphatic carbocycles. The number of nitrogens with zero attached hydrogens (tertiary/aromatic N) is 1. The number of benzene rings is 1. The van der Waals surface area contributed by atoms with Crippen molar-refractivity contribution in [3.8, 4) is 12.0 Å². The maximum atomic E-state index is 12.4. The van der Waals surface area contributed by atoms with Crippen molar-refractivity contribution < 1.29 is 4.79 Å². The van der Waals surface area contributed by atoms with E-state index in [1.165, 1.54) is 19.3 Å². The van der Waals surface area contributed by atoms with Crippen molar-refractivity contribution in [2.45, 2.75) is 47.0 Å². The minimum atomic E-state index is -0.0441. The summed E-state index contributed by atoms with van der Waals surface area (Å²) in [5.74, 6) is 2.80. The standard InChI is InChI=1S/C18H23NO/c1-13-12-14(2)16(4)18(15(13)3)17(20)8-11-19-9-6-5-7-10-19/h12H,5-7,9-10H2,1-4H3. The highest BCUT2D eigenvalue weighted by atomic mass is 16.1. The molecule has 2 rings (SSSR count). The van der Waals surface area contributed by atoms with E-state index in [9.17, 15) is 4.79 Å². The van der Waals surface area contributed by atoms with Crippen LogP contribution in [-0.4, -0.2) is 23.8 Å². The smallest absolute Gasteiger partial charge is 0.238 e. The first-order valence-corrected chi connectivity index (χ1v) is 7.39. The zero-order chi connectivity index (χ0) is 14.7. The third kappa shape index (κ3) is 3.04. The van der Waals surface area contributed by atoms with Crippen LogP contribution in [0.3, 0.4) is 0 Å². The van der Waals surface area contributed by atoms with Gasteiger partial charge in [0.25, 0.3) is 0 Å². The van der Waals surface area contributed by atoms with Gasteiger partial charge < -0.3 is 4.90 Å². The van der Waals surface area contributed by atoms with Gasteiger partial charge in [0.05, 0.1) is 0 Å². The summed E-state index contributed by atoms with van der Waals surface area (Å²) in [6, 6.07) is 5.19. The minimum absolute atomic E-state index is 0.0441. The first-order chi connectivity index (χ1) is 9.50. The fraction of sp³-hybridized carbons (Fsp3) is 0.500. The lowest BCUT2D eigenvalue weighted by atomic mass is 9.92. The van der Waals surface area contributed by atoms with Crippen LogP contribution in [0.4, 0.5) is 0 Å². The van der Waals surface area contributed by atoms with Gasteiger partial charge in [-0.3, -0.25) is 4.79 Å². The van der Waals surface area contributed by atoms with Crippen molar-refractivity contribution in [1.29, 1.82) is 0 Å². The molecule has 1 aliphatic heterocycles. The summed E-state index contributed by atoms with van der Waals surface area (Å²) in [5.41, 5.74) is 5.25. The quantitative estimate of drug-likeness (QED) is 0.574. The fourth-order valence-electron chi connectivity index (χ4n) is 2.76. The number of carbonyl (C=O) groups excluding carboxylic acids is 1. The third-order valence-electron chi connectivity index (χ3n) is 4.28. The van der Waals surface area contributed by atoms with E-state index in [1.807, 2.05) is 13.8 Å². The molecule has 106 valence electrons. The molecule has 0 aromatic heterocycles. The number of hydrogen-bond donors (Lipinski definition) is 0. The molecule has 0 N–H and O–H groups in total. The molecule has 1 aromatic carbocycles. The topological polar surface area (TPSA) is 20.3 Å². The maximum absolute atomic E-state index is 12.4. The summed E-state index contributed by atoms with van der Waals surface area (Å²) < 4.78 is 0. The third-order valence-corrected chi connectivity index (χ3v) is 4.28. The van der Waals surface area contributed by atoms with E-state index in [0.717, 1.165) is 40.9 Å². The first kappa shape index (κ1) is 14.7. The average molecular weight is 269 g/mol. The molecule has 1 fully saturated rings. The van der Waals surface area contributed by atoms with Crippen molar-refractivity contribution in [2.24, 2.45) is 0 Å². The van der Waals surface area contributed by atoms with Gasteiger partial charge in [0.15, 0.2) is 0 Å². The van der Waals surface area contributed by atoms with Crippen LogP contribution >= 0.6 is 0 Å². The molecule has 2 nitrogen and oxygen atoms in total. The van der Waals surface area contributed by atoms with Crippen LogP contribution < -0.4 is 0 Å². The molecule has 2 heteroatoms. The Morgan fingerprint density at radius 1 is 1.00 bits per heavy atom. The molecule has 0 atom stereocenters. The van der Waals surface area contributed by atoms with Crippen LogP contribution in [-0.2, 0) is 0 Å². The summed E-state index contributed by atoms with van der Waals surface area (Å²) in [4.78, 5) is 14.5. The molecule has 0 unspecified atom stereocenters. The molecule has 0 bridgehead atoms. The van der Waals surface area contributed by atoms with E-state index in [2.05, 4.69) is 36.8 Å². The van der Waals surface area contributed by atoms with Gasteiger partial charge in [0.1, 0.15) is 0 Å². The second-order valence-electron chi connectivity index (χ2n) is 5.75. The highest BCUT2D eigenvalue weighted by Crippen LogP contribution is 2.21. The van der Waals surface area contributed by atoms with Gasteiger partial charge in [-0.25, -0.2) is 0 Å². The Hall–Kier alpha value is -1.75. The van der Waals surface area contributed by atoms with Crippen molar-refractivity contribution >= 4 is 5.78 Å². The molecule has 1 heterocycles. The number of carbonyl (C=O) groups is 1. The van der Waals surface area contributed by atoms with Gasteiger partial charge in [-0.1, -0.05) is 6.07 Å². The number of likely N-dealkylation sites (tertiary alicyclic amines) is 1. The lowest BCUT2D eigenvalue weighted by Gasteiger charge is -2.21. The molecule has 1 aromatic rings. The van der Waals surface area contributed by atoms with Gasteiger partial charge in [0.2, 0.25) is 5.78 Å². The van der Waals surface area contributed by atoms with Gasteiger partial charge in [-0.2, -0.15) is 0 Å². The van der Waals surface area contributed by atoms with Crippen LogP contribution in [0.1, 0.15) is 51.9 Å². The average Bonchev–Trinajstić information content (AvgIpc) is 2.44. The summed E-state index contributed by atoms with van der Waals surface area (Å²) in [7, 11) is 0. The molecule has 0 saturated carbocycles. The van der Waals surface area contributed by atoms with Gasteiger partial charge >= 0.3 is 0 Å². The number of rotatable bonds is 1. The number of hydrogen-bond acceptors (Lipinski definition) is 2. The van der Waals surface area contributed by atoms with Gasteiger partial charge in [0, 0.05) is 24.7 Å².